The van der Waals surface area contributed by atoms with Crippen LogP contribution in [-0.2, 0) is 0 Å². The SMILES string of the molecule is O=C(Nc1nc(-c2ccc(OC(F)F)cc2)cs1)c1[nH]ncc1I. The molecule has 124 valence electrons. The lowest BCUT2D eigenvalue weighted by Gasteiger charge is -2.04. The van der Waals surface area contributed by atoms with E-state index in [0.29, 0.717) is 20.1 Å². The molecule has 10 heteroatoms. The van der Waals surface area contributed by atoms with Crippen LogP contribution in [0.3, 0.4) is 0 Å². The normalized spacial score (nSPS) is 10.8. The van der Waals surface area contributed by atoms with E-state index in [9.17, 15) is 13.6 Å². The number of rotatable bonds is 5. The average Bonchev–Trinajstić information content (AvgIpc) is 3.16. The molecular weight excluding hydrogens is 453 g/mol. The summed E-state index contributed by atoms with van der Waals surface area (Å²) in [6, 6.07) is 6.12. The Morgan fingerprint density at radius 1 is 1.33 bits per heavy atom. The second kappa shape index (κ2) is 7.21. The van der Waals surface area contributed by atoms with Crippen LogP contribution in [-0.4, -0.2) is 27.7 Å². The highest BCUT2D eigenvalue weighted by Gasteiger charge is 2.14. The number of aromatic nitrogens is 3. The molecule has 3 rings (SSSR count). The van der Waals surface area contributed by atoms with Gasteiger partial charge in [-0.3, -0.25) is 15.2 Å². The molecule has 0 saturated carbocycles. The van der Waals surface area contributed by atoms with Crippen molar-refractivity contribution < 1.29 is 18.3 Å². The quantitative estimate of drug-likeness (QED) is 0.563. The number of ether oxygens (including phenoxy) is 1. The first-order valence-electron chi connectivity index (χ1n) is 6.54. The summed E-state index contributed by atoms with van der Waals surface area (Å²) in [5.74, 6) is -0.259. The molecule has 0 bridgehead atoms. The number of nitrogens with one attached hydrogen (secondary N) is 2. The van der Waals surface area contributed by atoms with Crippen LogP contribution in [0.15, 0.2) is 35.8 Å². The third kappa shape index (κ3) is 3.87. The number of hydrogen-bond donors (Lipinski definition) is 2. The Balaban J connectivity index is 1.71. The van der Waals surface area contributed by atoms with Gasteiger partial charge in [0.15, 0.2) is 5.13 Å². The molecule has 24 heavy (non-hydrogen) atoms. The lowest BCUT2D eigenvalue weighted by atomic mass is 10.2. The second-order valence-corrected chi connectivity index (χ2v) is 6.51. The van der Waals surface area contributed by atoms with E-state index in [1.165, 1.54) is 23.5 Å². The summed E-state index contributed by atoms with van der Waals surface area (Å²) in [5, 5.41) is 11.3. The van der Waals surface area contributed by atoms with Crippen molar-refractivity contribution in [1.29, 1.82) is 0 Å². The molecule has 0 spiro atoms. The van der Waals surface area contributed by atoms with Crippen molar-refractivity contribution in [2.24, 2.45) is 0 Å². The minimum Gasteiger partial charge on any atom is -0.435 e. The number of aromatic amines is 1. The fraction of sp³-hybridized carbons (Fsp3) is 0.0714. The molecule has 0 saturated heterocycles. The highest BCUT2D eigenvalue weighted by atomic mass is 127. The summed E-state index contributed by atoms with van der Waals surface area (Å²) in [6.45, 7) is -2.86. The van der Waals surface area contributed by atoms with Gasteiger partial charge in [-0.05, 0) is 46.9 Å². The fourth-order valence-electron chi connectivity index (χ4n) is 1.86. The highest BCUT2D eigenvalue weighted by Crippen LogP contribution is 2.27. The standard InChI is InChI=1S/C14H9F2IN4O2S/c15-13(16)23-8-3-1-7(2-4-8)10-6-24-14(19-10)20-12(22)11-9(17)5-18-21-11/h1-6,13H,(H,18,21)(H,19,20,22). The van der Waals surface area contributed by atoms with E-state index in [-0.39, 0.29) is 11.7 Å². The fourth-order valence-corrected chi connectivity index (χ4v) is 3.08. The molecule has 1 aromatic carbocycles. The van der Waals surface area contributed by atoms with E-state index in [0.717, 1.165) is 5.56 Å². The van der Waals surface area contributed by atoms with Crippen molar-refractivity contribution in [2.75, 3.05) is 5.32 Å². The maximum absolute atomic E-state index is 12.1. The largest absolute Gasteiger partial charge is 0.435 e. The Labute approximate surface area is 152 Å². The number of carbonyl (C=O) groups is 1. The number of nitrogens with zero attached hydrogens (tertiary/aromatic N) is 2. The molecule has 0 unspecified atom stereocenters. The monoisotopic (exact) mass is 462 g/mol. The number of benzene rings is 1. The number of halogens is 3. The number of hydrogen-bond acceptors (Lipinski definition) is 5. The van der Waals surface area contributed by atoms with Crippen LogP contribution in [0.2, 0.25) is 0 Å². The molecule has 0 aliphatic heterocycles. The predicted octanol–water partition coefficient (Wildman–Crippen LogP) is 3.99. The Morgan fingerprint density at radius 3 is 2.71 bits per heavy atom. The summed E-state index contributed by atoms with van der Waals surface area (Å²) in [4.78, 5) is 16.4. The smallest absolute Gasteiger partial charge is 0.387 e. The first-order valence-corrected chi connectivity index (χ1v) is 8.50. The summed E-state index contributed by atoms with van der Waals surface area (Å²) >= 11 is 3.26. The number of amides is 1. The zero-order valence-corrected chi connectivity index (χ0v) is 14.8. The molecule has 0 aliphatic carbocycles. The van der Waals surface area contributed by atoms with E-state index in [1.54, 1.807) is 23.7 Å². The molecule has 0 atom stereocenters. The summed E-state index contributed by atoms with van der Waals surface area (Å²) in [6.07, 6.45) is 1.55. The van der Waals surface area contributed by atoms with Crippen LogP contribution >= 0.6 is 33.9 Å². The Kier molecular flexibility index (Phi) is 5.04. The minimum absolute atomic E-state index is 0.0753. The average molecular weight is 462 g/mol. The van der Waals surface area contributed by atoms with Crippen LogP contribution in [0.1, 0.15) is 10.5 Å². The molecule has 3 aromatic rings. The van der Waals surface area contributed by atoms with Crippen molar-refractivity contribution in [3.8, 4) is 17.0 Å². The van der Waals surface area contributed by atoms with Crippen molar-refractivity contribution in [3.63, 3.8) is 0 Å². The number of anilines is 1. The molecule has 0 aliphatic rings. The molecule has 2 aromatic heterocycles. The third-order valence-electron chi connectivity index (χ3n) is 2.92. The van der Waals surface area contributed by atoms with E-state index < -0.39 is 6.61 Å². The van der Waals surface area contributed by atoms with Gasteiger partial charge in [-0.15, -0.1) is 11.3 Å². The van der Waals surface area contributed by atoms with Crippen LogP contribution in [0.5, 0.6) is 5.75 Å². The summed E-state index contributed by atoms with van der Waals surface area (Å²) in [5.41, 5.74) is 1.71. The zero-order valence-electron chi connectivity index (χ0n) is 11.8. The number of carbonyl (C=O) groups excluding carboxylic acids is 1. The van der Waals surface area contributed by atoms with Crippen LogP contribution < -0.4 is 10.1 Å². The Hall–Kier alpha value is -2.08. The van der Waals surface area contributed by atoms with Crippen LogP contribution in [0.25, 0.3) is 11.3 Å². The number of H-pyrrole nitrogens is 1. The lowest BCUT2D eigenvalue weighted by Crippen LogP contribution is -2.13. The van der Waals surface area contributed by atoms with Gasteiger partial charge in [-0.1, -0.05) is 0 Å². The second-order valence-electron chi connectivity index (χ2n) is 4.49. The van der Waals surface area contributed by atoms with Gasteiger partial charge in [0.05, 0.1) is 15.5 Å². The van der Waals surface area contributed by atoms with Gasteiger partial charge in [0.25, 0.3) is 5.91 Å². The first kappa shape index (κ1) is 16.8. The lowest BCUT2D eigenvalue weighted by molar-refractivity contribution is -0.0498. The highest BCUT2D eigenvalue weighted by molar-refractivity contribution is 14.1. The van der Waals surface area contributed by atoms with Gasteiger partial charge < -0.3 is 4.74 Å². The van der Waals surface area contributed by atoms with Crippen LogP contribution in [0.4, 0.5) is 13.9 Å². The molecule has 0 radical (unpaired) electrons. The van der Waals surface area contributed by atoms with Gasteiger partial charge in [0.1, 0.15) is 11.4 Å². The van der Waals surface area contributed by atoms with Crippen molar-refractivity contribution in [2.45, 2.75) is 6.61 Å². The van der Waals surface area contributed by atoms with E-state index in [4.69, 9.17) is 0 Å². The predicted molar refractivity (Wildman–Crippen MR) is 93.4 cm³/mol. The van der Waals surface area contributed by atoms with E-state index in [1.807, 2.05) is 22.6 Å². The van der Waals surface area contributed by atoms with E-state index >= 15 is 0 Å². The van der Waals surface area contributed by atoms with E-state index in [2.05, 4.69) is 25.2 Å². The topological polar surface area (TPSA) is 79.9 Å². The minimum atomic E-state index is -2.86. The first-order chi connectivity index (χ1) is 11.5. The Bertz CT molecular complexity index is 851. The molecule has 0 fully saturated rings. The summed E-state index contributed by atoms with van der Waals surface area (Å²) in [7, 11) is 0. The maximum atomic E-state index is 12.1. The zero-order chi connectivity index (χ0) is 17.1. The third-order valence-corrected chi connectivity index (χ3v) is 4.50. The van der Waals surface area contributed by atoms with Crippen molar-refractivity contribution in [3.05, 3.63) is 45.1 Å². The molecule has 1 amide bonds. The van der Waals surface area contributed by atoms with Gasteiger partial charge in [-0.25, -0.2) is 4.98 Å². The van der Waals surface area contributed by atoms with Crippen LogP contribution in [0, 0.1) is 3.57 Å². The summed E-state index contributed by atoms with van der Waals surface area (Å²) < 4.78 is 29.3. The van der Waals surface area contributed by atoms with Gasteiger partial charge in [-0.2, -0.15) is 13.9 Å². The Morgan fingerprint density at radius 2 is 2.08 bits per heavy atom. The molecule has 6 nitrogen and oxygen atoms in total. The maximum Gasteiger partial charge on any atom is 0.387 e. The number of thiazole rings is 1. The van der Waals surface area contributed by atoms with Gasteiger partial charge >= 0.3 is 6.61 Å². The number of alkyl halides is 2. The van der Waals surface area contributed by atoms with Crippen molar-refractivity contribution >= 4 is 45.0 Å². The van der Waals surface area contributed by atoms with Gasteiger partial charge in [0.2, 0.25) is 0 Å². The van der Waals surface area contributed by atoms with Gasteiger partial charge in [0, 0.05) is 10.9 Å². The molecule has 2 heterocycles. The molecule has 2 N–H and O–H groups in total. The molecular formula is C14H9F2IN4O2S. The van der Waals surface area contributed by atoms with Crippen molar-refractivity contribution in [1.82, 2.24) is 15.2 Å².